The minimum Gasteiger partial charge on any atom is -0.389 e. The molecule has 0 aliphatic carbocycles. The highest BCUT2D eigenvalue weighted by Crippen LogP contribution is 2.06. The van der Waals surface area contributed by atoms with Crippen LogP contribution in [0.5, 0.6) is 0 Å². The number of nitrogens with one attached hydrogen (secondary N) is 1. The van der Waals surface area contributed by atoms with E-state index in [-0.39, 0.29) is 5.60 Å². The maximum atomic E-state index is 9.57. The molecule has 1 atom stereocenters. The smallest absolute Gasteiger partial charge is 0.0898 e. The van der Waals surface area contributed by atoms with Crippen LogP contribution < -0.4 is 5.32 Å². The van der Waals surface area contributed by atoms with Crippen LogP contribution in [-0.2, 0) is 4.74 Å². The number of ether oxygens (including phenoxy) is 1. The number of hydrogen-bond donors (Lipinski definition) is 2. The van der Waals surface area contributed by atoms with Crippen LogP contribution in [0.3, 0.4) is 0 Å². The van der Waals surface area contributed by atoms with E-state index < -0.39 is 6.10 Å². The van der Waals surface area contributed by atoms with E-state index in [4.69, 9.17) is 4.74 Å². The quantitative estimate of drug-likeness (QED) is 0.523. The molecule has 0 heterocycles. The topological polar surface area (TPSA) is 41.5 Å². The second kappa shape index (κ2) is 6.99. The van der Waals surface area contributed by atoms with Gasteiger partial charge in [0.1, 0.15) is 0 Å². The fraction of sp³-hybridized carbons (Fsp3) is 0.833. The molecule has 0 saturated heterocycles. The van der Waals surface area contributed by atoms with Gasteiger partial charge in [0.2, 0.25) is 0 Å². The van der Waals surface area contributed by atoms with Crippen LogP contribution in [0.2, 0.25) is 0 Å². The van der Waals surface area contributed by atoms with E-state index in [9.17, 15) is 5.11 Å². The molecule has 0 aromatic carbocycles. The van der Waals surface area contributed by atoms with Crippen molar-refractivity contribution in [3.63, 3.8) is 0 Å². The van der Waals surface area contributed by atoms with Crippen molar-refractivity contribution in [2.45, 2.75) is 46.3 Å². The molecule has 0 rings (SSSR count). The highest BCUT2D eigenvalue weighted by molar-refractivity contribution is 4.94. The lowest BCUT2D eigenvalue weighted by molar-refractivity contribution is -0.0476. The van der Waals surface area contributed by atoms with Crippen LogP contribution >= 0.6 is 0 Å². The Morgan fingerprint density at radius 2 is 2.00 bits per heavy atom. The van der Waals surface area contributed by atoms with Gasteiger partial charge in [-0.3, -0.25) is 0 Å². The lowest BCUT2D eigenvalue weighted by atomic mass is 10.2. The summed E-state index contributed by atoms with van der Waals surface area (Å²) in [6.07, 6.45) is 1.66. The van der Waals surface area contributed by atoms with E-state index in [1.54, 1.807) is 0 Å². The first kappa shape index (κ1) is 14.6. The van der Waals surface area contributed by atoms with Crippen LogP contribution in [0.1, 0.15) is 34.6 Å². The lowest BCUT2D eigenvalue weighted by Gasteiger charge is -2.22. The van der Waals surface area contributed by atoms with E-state index in [0.717, 1.165) is 6.54 Å². The highest BCUT2D eigenvalue weighted by atomic mass is 16.5. The zero-order valence-corrected chi connectivity index (χ0v) is 10.6. The number of aliphatic hydroxyl groups excluding tert-OH is 1. The van der Waals surface area contributed by atoms with Gasteiger partial charge in [0.05, 0.1) is 18.3 Å². The molecule has 0 aromatic heterocycles. The zero-order chi connectivity index (χ0) is 11.9. The Kier molecular flexibility index (Phi) is 6.81. The molecule has 0 radical (unpaired) electrons. The van der Waals surface area contributed by atoms with Crippen LogP contribution in [0.15, 0.2) is 11.6 Å². The zero-order valence-electron chi connectivity index (χ0n) is 10.6. The van der Waals surface area contributed by atoms with Crippen molar-refractivity contribution in [3.8, 4) is 0 Å². The maximum absolute atomic E-state index is 9.57. The summed E-state index contributed by atoms with van der Waals surface area (Å²) in [5.74, 6) is 0. The predicted octanol–water partition coefficient (Wildman–Crippen LogP) is 1.72. The first-order valence-corrected chi connectivity index (χ1v) is 5.47. The molecular weight excluding hydrogens is 190 g/mol. The van der Waals surface area contributed by atoms with Gasteiger partial charge in [0.15, 0.2) is 0 Å². The van der Waals surface area contributed by atoms with Crippen LogP contribution in [0.25, 0.3) is 0 Å². The maximum Gasteiger partial charge on any atom is 0.0898 e. The Bertz CT molecular complexity index is 190. The second-order valence-electron chi connectivity index (χ2n) is 5.02. The summed E-state index contributed by atoms with van der Waals surface area (Å²) in [6.45, 7) is 11.8. The van der Waals surface area contributed by atoms with Gasteiger partial charge in [-0.05, 0) is 34.6 Å². The predicted molar refractivity (Wildman–Crippen MR) is 64.0 cm³/mol. The van der Waals surface area contributed by atoms with E-state index >= 15 is 0 Å². The van der Waals surface area contributed by atoms with Gasteiger partial charge in [-0.1, -0.05) is 11.6 Å². The van der Waals surface area contributed by atoms with Crippen molar-refractivity contribution >= 4 is 0 Å². The van der Waals surface area contributed by atoms with Gasteiger partial charge in [0.25, 0.3) is 0 Å². The second-order valence-corrected chi connectivity index (χ2v) is 5.02. The van der Waals surface area contributed by atoms with Gasteiger partial charge in [-0.15, -0.1) is 0 Å². The van der Waals surface area contributed by atoms with Gasteiger partial charge < -0.3 is 15.2 Å². The Hall–Kier alpha value is -0.380. The summed E-state index contributed by atoms with van der Waals surface area (Å²) in [6, 6.07) is 0. The number of aliphatic hydroxyl groups is 1. The van der Waals surface area contributed by atoms with Crippen LogP contribution in [0, 0.1) is 0 Å². The summed E-state index contributed by atoms with van der Waals surface area (Å²) >= 11 is 0. The highest BCUT2D eigenvalue weighted by Gasteiger charge is 2.12. The molecule has 2 N–H and O–H groups in total. The lowest BCUT2D eigenvalue weighted by Crippen LogP contribution is -2.33. The average molecular weight is 215 g/mol. The molecular formula is C12H25NO2. The van der Waals surface area contributed by atoms with Crippen LogP contribution in [0.4, 0.5) is 0 Å². The third-order valence-electron chi connectivity index (χ3n) is 1.74. The summed E-state index contributed by atoms with van der Waals surface area (Å²) in [4.78, 5) is 0. The summed E-state index contributed by atoms with van der Waals surface area (Å²) in [5, 5.41) is 12.7. The average Bonchev–Trinajstić information content (AvgIpc) is 2.07. The molecule has 0 spiro atoms. The fourth-order valence-electron chi connectivity index (χ4n) is 0.931. The SMILES string of the molecule is CC(C)=CCNCC(O)COC(C)(C)C. The molecule has 0 aliphatic rings. The van der Waals surface area contributed by atoms with Crippen molar-refractivity contribution in [3.05, 3.63) is 11.6 Å². The fourth-order valence-corrected chi connectivity index (χ4v) is 0.931. The van der Waals surface area contributed by atoms with Crippen molar-refractivity contribution in [1.29, 1.82) is 0 Å². The number of rotatable bonds is 6. The van der Waals surface area contributed by atoms with Crippen molar-refractivity contribution in [2.24, 2.45) is 0 Å². The first-order valence-electron chi connectivity index (χ1n) is 5.47. The Morgan fingerprint density at radius 1 is 1.40 bits per heavy atom. The van der Waals surface area contributed by atoms with E-state index in [1.165, 1.54) is 5.57 Å². The van der Waals surface area contributed by atoms with Gasteiger partial charge in [-0.2, -0.15) is 0 Å². The van der Waals surface area contributed by atoms with Crippen molar-refractivity contribution in [1.82, 2.24) is 5.32 Å². The minimum absolute atomic E-state index is 0.180. The molecule has 3 heteroatoms. The van der Waals surface area contributed by atoms with Gasteiger partial charge in [0, 0.05) is 13.1 Å². The normalized spacial score (nSPS) is 13.7. The molecule has 1 unspecified atom stereocenters. The molecule has 0 saturated carbocycles. The summed E-state index contributed by atoms with van der Waals surface area (Å²) in [7, 11) is 0. The minimum atomic E-state index is -0.435. The third-order valence-corrected chi connectivity index (χ3v) is 1.74. The van der Waals surface area contributed by atoms with E-state index in [0.29, 0.717) is 13.2 Å². The molecule has 0 aromatic rings. The molecule has 0 fully saturated rings. The van der Waals surface area contributed by atoms with Crippen LogP contribution in [-0.4, -0.2) is 36.5 Å². The number of allylic oxidation sites excluding steroid dienone is 1. The first-order chi connectivity index (χ1) is 6.81. The molecule has 15 heavy (non-hydrogen) atoms. The molecule has 0 aliphatic heterocycles. The molecule has 90 valence electrons. The van der Waals surface area contributed by atoms with E-state index in [2.05, 4.69) is 25.2 Å². The molecule has 0 bridgehead atoms. The largest absolute Gasteiger partial charge is 0.389 e. The molecule has 0 amide bonds. The van der Waals surface area contributed by atoms with Crippen molar-refractivity contribution < 1.29 is 9.84 Å². The Balaban J connectivity index is 3.50. The summed E-state index contributed by atoms with van der Waals surface area (Å²) < 4.78 is 5.46. The monoisotopic (exact) mass is 215 g/mol. The third kappa shape index (κ3) is 11.5. The Morgan fingerprint density at radius 3 is 2.47 bits per heavy atom. The van der Waals surface area contributed by atoms with Gasteiger partial charge >= 0.3 is 0 Å². The Labute approximate surface area is 93.5 Å². The summed E-state index contributed by atoms with van der Waals surface area (Å²) in [5.41, 5.74) is 1.10. The number of hydrogen-bond acceptors (Lipinski definition) is 3. The van der Waals surface area contributed by atoms with E-state index in [1.807, 2.05) is 20.8 Å². The standard InChI is InChI=1S/C12H25NO2/c1-10(2)6-7-13-8-11(14)9-15-12(3,4)5/h6,11,13-14H,7-9H2,1-5H3. The van der Waals surface area contributed by atoms with Gasteiger partial charge in [-0.25, -0.2) is 0 Å². The van der Waals surface area contributed by atoms with Crippen molar-refractivity contribution in [2.75, 3.05) is 19.7 Å². The molecule has 3 nitrogen and oxygen atoms in total.